The van der Waals surface area contributed by atoms with Gasteiger partial charge in [-0.25, -0.2) is 0 Å². The molecule has 3 heteroatoms. The number of hydrogen-bond acceptors (Lipinski definition) is 1. The second-order valence-electron chi connectivity index (χ2n) is 3.91. The van der Waals surface area contributed by atoms with E-state index in [1.54, 1.807) is 0 Å². The summed E-state index contributed by atoms with van der Waals surface area (Å²) in [6, 6.07) is 5.93. The topological polar surface area (TPSA) is 0 Å². The molecule has 0 heterocycles. The zero-order chi connectivity index (χ0) is 11.8. The van der Waals surface area contributed by atoms with Crippen LogP contribution in [0.5, 0.6) is 0 Å². The van der Waals surface area contributed by atoms with E-state index in [0.717, 1.165) is 6.42 Å². The van der Waals surface area contributed by atoms with Crippen LogP contribution < -0.4 is 0 Å². The Morgan fingerprint density at radius 3 is 2.44 bits per heavy atom. The van der Waals surface area contributed by atoms with Crippen LogP contribution in [0.15, 0.2) is 18.2 Å². The molecule has 0 aromatic heterocycles. The Bertz CT molecular complexity index is 313. The van der Waals surface area contributed by atoms with E-state index in [9.17, 15) is 0 Å². The van der Waals surface area contributed by atoms with Gasteiger partial charge in [0.2, 0.25) is 0 Å². The monoisotopic (exact) mass is 276 g/mol. The predicted octanol–water partition coefficient (Wildman–Crippen LogP) is 5.46. The fraction of sp³-hybridized carbons (Fsp3) is 0.538. The third kappa shape index (κ3) is 5.47. The lowest BCUT2D eigenvalue weighted by Gasteiger charge is -2.03. The summed E-state index contributed by atoms with van der Waals surface area (Å²) in [5, 5.41) is 1.31. The molecule has 0 atom stereocenters. The summed E-state index contributed by atoms with van der Waals surface area (Å²) < 4.78 is 0. The zero-order valence-electron chi connectivity index (χ0n) is 9.64. The van der Waals surface area contributed by atoms with Gasteiger partial charge in [0.15, 0.2) is 0 Å². The smallest absolute Gasteiger partial charge is 0.0595 e. The minimum absolute atomic E-state index is 0.644. The van der Waals surface area contributed by atoms with Crippen LogP contribution in [-0.4, -0.2) is 12.0 Å². The molecule has 0 unspecified atom stereocenters. The molecule has 1 rings (SSSR count). The molecule has 0 N–H and O–H groups in total. The van der Waals surface area contributed by atoms with E-state index in [1.165, 1.54) is 37.0 Å². The zero-order valence-corrected chi connectivity index (χ0v) is 12.0. The first-order valence-corrected chi connectivity index (χ1v) is 7.82. The van der Waals surface area contributed by atoms with Gasteiger partial charge in [-0.05, 0) is 49.0 Å². The molecule has 1 aromatic rings. The quantitative estimate of drug-likeness (QED) is 0.596. The molecule has 90 valence electrons. The summed E-state index contributed by atoms with van der Waals surface area (Å²) in [6.45, 7) is 0. The van der Waals surface area contributed by atoms with E-state index in [-0.39, 0.29) is 0 Å². The predicted molar refractivity (Wildman–Crippen MR) is 77.0 cm³/mol. The molecule has 0 nitrogen and oxygen atoms in total. The molecule has 0 amide bonds. The lowest BCUT2D eigenvalue weighted by molar-refractivity contribution is 0.670. The highest BCUT2D eigenvalue weighted by molar-refractivity contribution is 7.98. The highest BCUT2D eigenvalue weighted by atomic mass is 35.5. The van der Waals surface area contributed by atoms with Crippen LogP contribution in [0.3, 0.4) is 0 Å². The van der Waals surface area contributed by atoms with Crippen molar-refractivity contribution < 1.29 is 0 Å². The van der Waals surface area contributed by atoms with Crippen molar-refractivity contribution in [3.8, 4) is 0 Å². The highest BCUT2D eigenvalue weighted by Gasteiger charge is 1.99. The average molecular weight is 277 g/mol. The molecule has 0 aliphatic heterocycles. The van der Waals surface area contributed by atoms with Gasteiger partial charge in [-0.1, -0.05) is 42.1 Å². The lowest BCUT2D eigenvalue weighted by Crippen LogP contribution is -1.87. The van der Waals surface area contributed by atoms with Crippen LogP contribution in [-0.2, 0) is 6.42 Å². The van der Waals surface area contributed by atoms with Crippen molar-refractivity contribution in [2.75, 3.05) is 12.0 Å². The number of unbranched alkanes of at least 4 members (excludes halogenated alkanes) is 3. The van der Waals surface area contributed by atoms with Crippen molar-refractivity contribution in [1.29, 1.82) is 0 Å². The van der Waals surface area contributed by atoms with Gasteiger partial charge in [-0.2, -0.15) is 11.8 Å². The summed E-state index contributed by atoms with van der Waals surface area (Å²) >= 11 is 13.8. The Hall–Kier alpha value is 0.150. The molecular weight excluding hydrogens is 259 g/mol. The third-order valence-corrected chi connectivity index (χ3v) is 3.98. The second-order valence-corrected chi connectivity index (χ2v) is 5.71. The molecular formula is C13H18Cl2S. The number of aryl methyl sites for hydroxylation is 1. The minimum atomic E-state index is 0.644. The van der Waals surface area contributed by atoms with Crippen molar-refractivity contribution in [2.24, 2.45) is 0 Å². The Kier molecular flexibility index (Phi) is 7.35. The molecule has 0 fully saturated rings. The molecule has 16 heavy (non-hydrogen) atoms. The summed E-state index contributed by atoms with van der Waals surface area (Å²) in [7, 11) is 0. The Morgan fingerprint density at radius 2 is 1.75 bits per heavy atom. The first kappa shape index (κ1) is 14.2. The molecule has 0 saturated heterocycles. The van der Waals surface area contributed by atoms with Crippen molar-refractivity contribution in [3.63, 3.8) is 0 Å². The summed E-state index contributed by atoms with van der Waals surface area (Å²) in [5.74, 6) is 1.28. The van der Waals surface area contributed by atoms with Gasteiger partial charge in [-0.3, -0.25) is 0 Å². The van der Waals surface area contributed by atoms with E-state index < -0.39 is 0 Å². The summed E-state index contributed by atoms with van der Waals surface area (Å²) in [5.41, 5.74) is 1.29. The van der Waals surface area contributed by atoms with Gasteiger partial charge in [0.25, 0.3) is 0 Å². The largest absolute Gasteiger partial charge is 0.165 e. The maximum atomic E-state index is 5.96. The van der Waals surface area contributed by atoms with Crippen LogP contribution in [0.25, 0.3) is 0 Å². The van der Waals surface area contributed by atoms with Crippen molar-refractivity contribution in [3.05, 3.63) is 33.8 Å². The van der Waals surface area contributed by atoms with Gasteiger partial charge in [0, 0.05) is 0 Å². The number of benzene rings is 1. The molecule has 0 saturated carbocycles. The van der Waals surface area contributed by atoms with Crippen LogP contribution in [0.2, 0.25) is 10.0 Å². The molecule has 0 radical (unpaired) electrons. The van der Waals surface area contributed by atoms with Crippen molar-refractivity contribution in [2.45, 2.75) is 32.1 Å². The fourth-order valence-corrected chi connectivity index (χ4v) is 2.44. The second kappa shape index (κ2) is 8.27. The standard InChI is InChI=1S/C13H18Cl2S/c1-16-9-5-3-2-4-6-11-7-8-12(14)13(15)10-11/h7-8,10H,2-6,9H2,1H3. The molecule has 0 aliphatic rings. The molecule has 0 bridgehead atoms. The van der Waals surface area contributed by atoms with Crippen molar-refractivity contribution in [1.82, 2.24) is 0 Å². The van der Waals surface area contributed by atoms with Gasteiger partial charge >= 0.3 is 0 Å². The normalized spacial score (nSPS) is 10.7. The number of halogens is 2. The van der Waals surface area contributed by atoms with Gasteiger partial charge in [-0.15, -0.1) is 0 Å². The van der Waals surface area contributed by atoms with Gasteiger partial charge < -0.3 is 0 Å². The van der Waals surface area contributed by atoms with Crippen molar-refractivity contribution >= 4 is 35.0 Å². The van der Waals surface area contributed by atoms with Crippen LogP contribution >= 0.6 is 35.0 Å². The first-order valence-electron chi connectivity index (χ1n) is 5.67. The fourth-order valence-electron chi connectivity index (χ4n) is 1.62. The molecule has 0 spiro atoms. The SMILES string of the molecule is CSCCCCCCc1ccc(Cl)c(Cl)c1. The average Bonchev–Trinajstić information content (AvgIpc) is 2.28. The van der Waals surface area contributed by atoms with E-state index in [1.807, 2.05) is 23.9 Å². The number of rotatable bonds is 7. The Morgan fingerprint density at radius 1 is 1.00 bits per heavy atom. The van der Waals surface area contributed by atoms with Crippen LogP contribution in [0.4, 0.5) is 0 Å². The van der Waals surface area contributed by atoms with E-state index in [4.69, 9.17) is 23.2 Å². The first-order chi connectivity index (χ1) is 7.74. The number of thioether (sulfide) groups is 1. The Labute approximate surface area is 113 Å². The third-order valence-electron chi connectivity index (χ3n) is 2.55. The summed E-state index contributed by atoms with van der Waals surface area (Å²) in [6.07, 6.45) is 8.49. The lowest BCUT2D eigenvalue weighted by atomic mass is 10.1. The van der Waals surface area contributed by atoms with Crippen LogP contribution in [0.1, 0.15) is 31.2 Å². The van der Waals surface area contributed by atoms with E-state index in [2.05, 4.69) is 12.3 Å². The molecule has 0 aliphatic carbocycles. The summed E-state index contributed by atoms with van der Waals surface area (Å²) in [4.78, 5) is 0. The van der Waals surface area contributed by atoms with Crippen LogP contribution in [0, 0.1) is 0 Å². The minimum Gasteiger partial charge on any atom is -0.165 e. The maximum absolute atomic E-state index is 5.96. The number of hydrogen-bond donors (Lipinski definition) is 0. The highest BCUT2D eigenvalue weighted by Crippen LogP contribution is 2.23. The van der Waals surface area contributed by atoms with Gasteiger partial charge in [0.05, 0.1) is 10.0 Å². The van der Waals surface area contributed by atoms with E-state index in [0.29, 0.717) is 10.0 Å². The maximum Gasteiger partial charge on any atom is 0.0595 e. The van der Waals surface area contributed by atoms with Gasteiger partial charge in [0.1, 0.15) is 0 Å². The van der Waals surface area contributed by atoms with E-state index >= 15 is 0 Å². The molecule has 1 aromatic carbocycles. The Balaban J connectivity index is 2.19.